The first kappa shape index (κ1) is 19.8. The number of ether oxygens (including phenoxy) is 1. The number of rotatable bonds is 7. The van der Waals surface area contributed by atoms with E-state index in [1.165, 1.54) is 5.56 Å². The summed E-state index contributed by atoms with van der Waals surface area (Å²) in [6.07, 6.45) is 0. The first-order chi connectivity index (χ1) is 12.4. The Bertz CT molecular complexity index is 800. The van der Waals surface area contributed by atoms with Gasteiger partial charge in [-0.2, -0.15) is 5.26 Å². The van der Waals surface area contributed by atoms with E-state index in [-0.39, 0.29) is 11.9 Å². The quantitative estimate of drug-likeness (QED) is 0.802. The van der Waals surface area contributed by atoms with Crippen LogP contribution < -0.4 is 10.1 Å². The van der Waals surface area contributed by atoms with Crippen molar-refractivity contribution in [2.24, 2.45) is 0 Å². The van der Waals surface area contributed by atoms with Crippen LogP contribution >= 0.6 is 11.6 Å². The van der Waals surface area contributed by atoms with E-state index in [1.807, 2.05) is 56.1 Å². The summed E-state index contributed by atoms with van der Waals surface area (Å²) in [4.78, 5) is 14.3. The van der Waals surface area contributed by atoms with Crippen molar-refractivity contribution < 1.29 is 9.53 Å². The maximum Gasteiger partial charge on any atom is 0.241 e. The molecular formula is C20H22ClN3O2. The van der Waals surface area contributed by atoms with Gasteiger partial charge < -0.3 is 10.1 Å². The van der Waals surface area contributed by atoms with Crippen LogP contribution in [0.5, 0.6) is 5.75 Å². The van der Waals surface area contributed by atoms with Crippen molar-refractivity contribution in [3.63, 3.8) is 0 Å². The third-order valence-electron chi connectivity index (χ3n) is 4.13. The number of hydrogen-bond acceptors (Lipinski definition) is 4. The van der Waals surface area contributed by atoms with Crippen LogP contribution in [0, 0.1) is 18.3 Å². The number of halogens is 1. The maximum atomic E-state index is 12.4. The molecule has 2 aromatic carbocycles. The van der Waals surface area contributed by atoms with Gasteiger partial charge in [-0.05, 0) is 51.2 Å². The van der Waals surface area contributed by atoms with Crippen LogP contribution in [0.4, 0.5) is 5.69 Å². The summed E-state index contributed by atoms with van der Waals surface area (Å²) in [6, 6.07) is 14.3. The zero-order chi connectivity index (χ0) is 19.1. The zero-order valence-electron chi connectivity index (χ0n) is 15.1. The van der Waals surface area contributed by atoms with E-state index in [0.717, 1.165) is 5.75 Å². The first-order valence-electron chi connectivity index (χ1n) is 8.31. The van der Waals surface area contributed by atoms with Gasteiger partial charge in [-0.1, -0.05) is 29.3 Å². The Morgan fingerprint density at radius 1 is 1.31 bits per heavy atom. The second-order valence-electron chi connectivity index (χ2n) is 6.11. The van der Waals surface area contributed by atoms with Gasteiger partial charge in [0.05, 0.1) is 16.6 Å². The molecule has 0 bridgehead atoms. The summed E-state index contributed by atoms with van der Waals surface area (Å²) in [5.74, 6) is 0.664. The van der Waals surface area contributed by atoms with Crippen LogP contribution in [-0.4, -0.2) is 37.0 Å². The van der Waals surface area contributed by atoms with Gasteiger partial charge in [0.2, 0.25) is 5.91 Å². The minimum atomic E-state index is -0.342. The van der Waals surface area contributed by atoms with Crippen molar-refractivity contribution in [1.82, 2.24) is 4.90 Å². The first-order valence-corrected chi connectivity index (χ1v) is 8.68. The molecule has 26 heavy (non-hydrogen) atoms. The molecule has 0 fully saturated rings. The summed E-state index contributed by atoms with van der Waals surface area (Å²) < 4.78 is 5.70. The Morgan fingerprint density at radius 2 is 2.00 bits per heavy atom. The summed E-state index contributed by atoms with van der Waals surface area (Å²) in [5.41, 5.74) is 2.13. The Morgan fingerprint density at radius 3 is 2.62 bits per heavy atom. The SMILES string of the molecule is Cc1ccc(OCCN(C)C(C)C(=O)Nc2ccc(C#N)c(Cl)c2)cc1. The lowest BCUT2D eigenvalue weighted by atomic mass is 10.2. The van der Waals surface area contributed by atoms with Crippen molar-refractivity contribution in [3.05, 3.63) is 58.6 Å². The molecule has 5 nitrogen and oxygen atoms in total. The maximum absolute atomic E-state index is 12.4. The fourth-order valence-corrected chi connectivity index (χ4v) is 2.49. The number of amides is 1. The molecule has 2 aromatic rings. The van der Waals surface area contributed by atoms with Crippen molar-refractivity contribution >= 4 is 23.2 Å². The molecule has 0 heterocycles. The molecule has 1 N–H and O–H groups in total. The predicted molar refractivity (Wildman–Crippen MR) is 104 cm³/mol. The highest BCUT2D eigenvalue weighted by Gasteiger charge is 2.18. The molecule has 0 aliphatic rings. The summed E-state index contributed by atoms with van der Waals surface area (Å²) in [5, 5.41) is 12.0. The smallest absolute Gasteiger partial charge is 0.241 e. The number of carbonyl (C=O) groups excluding carboxylic acids is 1. The number of nitriles is 1. The summed E-state index contributed by atoms with van der Waals surface area (Å²) in [6.45, 7) is 4.95. The second kappa shape index (κ2) is 9.23. The van der Waals surface area contributed by atoms with Crippen LogP contribution in [0.15, 0.2) is 42.5 Å². The standard InChI is InChI=1S/C20H22ClN3O2/c1-14-4-8-18(9-5-14)26-11-10-24(3)15(2)20(25)23-17-7-6-16(13-22)19(21)12-17/h4-9,12,15H,10-11H2,1-3H3,(H,23,25). The molecule has 1 atom stereocenters. The number of likely N-dealkylation sites (N-methyl/N-ethyl adjacent to an activating group) is 1. The predicted octanol–water partition coefficient (Wildman–Crippen LogP) is 3.86. The van der Waals surface area contributed by atoms with Crippen molar-refractivity contribution in [2.45, 2.75) is 19.9 Å². The lowest BCUT2D eigenvalue weighted by molar-refractivity contribution is -0.120. The second-order valence-corrected chi connectivity index (χ2v) is 6.52. The number of nitrogens with one attached hydrogen (secondary N) is 1. The average molecular weight is 372 g/mol. The van der Waals surface area contributed by atoms with E-state index in [1.54, 1.807) is 18.2 Å². The van der Waals surface area contributed by atoms with E-state index < -0.39 is 0 Å². The number of benzene rings is 2. The highest BCUT2D eigenvalue weighted by Crippen LogP contribution is 2.20. The van der Waals surface area contributed by atoms with Gasteiger partial charge in [-0.25, -0.2) is 0 Å². The topological polar surface area (TPSA) is 65.4 Å². The highest BCUT2D eigenvalue weighted by molar-refractivity contribution is 6.32. The van der Waals surface area contributed by atoms with E-state index in [9.17, 15) is 4.79 Å². The van der Waals surface area contributed by atoms with Gasteiger partial charge >= 0.3 is 0 Å². The average Bonchev–Trinajstić information content (AvgIpc) is 2.62. The highest BCUT2D eigenvalue weighted by atomic mass is 35.5. The van der Waals surface area contributed by atoms with E-state index in [2.05, 4.69) is 5.32 Å². The van der Waals surface area contributed by atoms with Crippen LogP contribution in [0.2, 0.25) is 5.02 Å². The molecule has 0 aromatic heterocycles. The van der Waals surface area contributed by atoms with E-state index in [0.29, 0.717) is 29.4 Å². The number of nitrogens with zero attached hydrogens (tertiary/aromatic N) is 2. The number of carbonyl (C=O) groups is 1. The largest absolute Gasteiger partial charge is 0.492 e. The van der Waals surface area contributed by atoms with Crippen molar-refractivity contribution in [2.75, 3.05) is 25.5 Å². The molecule has 136 valence electrons. The molecule has 1 amide bonds. The Hall–Kier alpha value is -2.55. The molecule has 0 radical (unpaired) electrons. The van der Waals surface area contributed by atoms with E-state index in [4.69, 9.17) is 21.6 Å². The normalized spacial score (nSPS) is 11.7. The van der Waals surface area contributed by atoms with Crippen LogP contribution in [0.25, 0.3) is 0 Å². The van der Waals surface area contributed by atoms with Gasteiger partial charge in [-0.15, -0.1) is 0 Å². The zero-order valence-corrected chi connectivity index (χ0v) is 15.9. The number of anilines is 1. The molecule has 0 saturated carbocycles. The van der Waals surface area contributed by atoms with Crippen LogP contribution in [0.1, 0.15) is 18.1 Å². The van der Waals surface area contributed by atoms with Gasteiger partial charge in [-0.3, -0.25) is 9.69 Å². The molecular weight excluding hydrogens is 350 g/mol. The van der Waals surface area contributed by atoms with Gasteiger partial charge in [0.25, 0.3) is 0 Å². The van der Waals surface area contributed by atoms with Crippen LogP contribution in [-0.2, 0) is 4.79 Å². The lowest BCUT2D eigenvalue weighted by Gasteiger charge is -2.24. The molecule has 2 rings (SSSR count). The Kier molecular flexibility index (Phi) is 7.02. The molecule has 0 aliphatic heterocycles. The lowest BCUT2D eigenvalue weighted by Crippen LogP contribution is -2.41. The summed E-state index contributed by atoms with van der Waals surface area (Å²) in [7, 11) is 1.87. The minimum absolute atomic E-state index is 0.149. The Labute approximate surface area is 159 Å². The minimum Gasteiger partial charge on any atom is -0.492 e. The third-order valence-corrected chi connectivity index (χ3v) is 4.44. The fourth-order valence-electron chi connectivity index (χ4n) is 2.27. The fraction of sp³-hybridized carbons (Fsp3) is 0.300. The summed E-state index contributed by atoms with van der Waals surface area (Å²) >= 11 is 5.99. The third kappa shape index (κ3) is 5.48. The molecule has 0 saturated heterocycles. The van der Waals surface area contributed by atoms with Crippen molar-refractivity contribution in [1.29, 1.82) is 5.26 Å². The van der Waals surface area contributed by atoms with Gasteiger partial charge in [0.15, 0.2) is 0 Å². The van der Waals surface area contributed by atoms with Crippen molar-refractivity contribution in [3.8, 4) is 11.8 Å². The van der Waals surface area contributed by atoms with E-state index >= 15 is 0 Å². The number of aryl methyl sites for hydroxylation is 1. The molecule has 0 aliphatic carbocycles. The van der Waals surface area contributed by atoms with Crippen LogP contribution in [0.3, 0.4) is 0 Å². The molecule has 0 spiro atoms. The molecule has 6 heteroatoms. The Balaban J connectivity index is 1.83. The molecule has 1 unspecified atom stereocenters. The number of hydrogen-bond donors (Lipinski definition) is 1. The van der Waals surface area contributed by atoms with Gasteiger partial charge in [0.1, 0.15) is 18.4 Å². The monoisotopic (exact) mass is 371 g/mol. The van der Waals surface area contributed by atoms with Gasteiger partial charge in [0, 0.05) is 12.2 Å².